The van der Waals surface area contributed by atoms with Gasteiger partial charge >= 0.3 is 6.09 Å². The van der Waals surface area contributed by atoms with Crippen molar-refractivity contribution in [3.8, 4) is 0 Å². The summed E-state index contributed by atoms with van der Waals surface area (Å²) in [5.74, 6) is 0. The minimum absolute atomic E-state index is 0.259. The molecule has 18 heavy (non-hydrogen) atoms. The molecule has 0 fully saturated rings. The maximum atomic E-state index is 11.5. The average Bonchev–Trinajstić information content (AvgIpc) is 2.25. The summed E-state index contributed by atoms with van der Waals surface area (Å²) in [7, 11) is 0. The molecule has 7 heteroatoms. The molecule has 1 rings (SSSR count). The Hall–Kier alpha value is -1.37. The normalized spacial score (nSPS) is 11.2. The minimum atomic E-state index is -0.508. The van der Waals surface area contributed by atoms with Crippen molar-refractivity contribution in [1.82, 2.24) is 20.5 Å². The van der Waals surface area contributed by atoms with Crippen molar-refractivity contribution in [2.75, 3.05) is 6.26 Å². The summed E-state index contributed by atoms with van der Waals surface area (Å²) in [6.07, 6.45) is 1.41. The Morgan fingerprint density at radius 2 is 2.06 bits per heavy atom. The molecule has 100 valence electrons. The van der Waals surface area contributed by atoms with Gasteiger partial charge in [0.1, 0.15) is 11.3 Å². The summed E-state index contributed by atoms with van der Waals surface area (Å²) >= 11 is 1.43. The zero-order chi connectivity index (χ0) is 13.8. The number of carbonyl (C=O) groups is 1. The Morgan fingerprint density at radius 3 is 2.56 bits per heavy atom. The molecule has 0 saturated heterocycles. The number of alkyl carbamates (subject to hydrolysis) is 1. The Balaban J connectivity index is 2.56. The van der Waals surface area contributed by atoms with Gasteiger partial charge in [0.25, 0.3) is 0 Å². The highest BCUT2D eigenvalue weighted by Crippen LogP contribution is 2.09. The van der Waals surface area contributed by atoms with Crippen molar-refractivity contribution in [1.29, 1.82) is 0 Å². The van der Waals surface area contributed by atoms with Gasteiger partial charge in [0.15, 0.2) is 0 Å². The summed E-state index contributed by atoms with van der Waals surface area (Å²) < 4.78 is 5.12. The van der Waals surface area contributed by atoms with Crippen LogP contribution in [0.2, 0.25) is 0 Å². The Bertz CT molecular complexity index is 432. The van der Waals surface area contributed by atoms with Crippen molar-refractivity contribution in [2.45, 2.75) is 45.0 Å². The lowest BCUT2D eigenvalue weighted by Gasteiger charge is -2.19. The third-order valence-corrected chi connectivity index (χ3v) is 2.46. The van der Waals surface area contributed by atoms with E-state index in [1.54, 1.807) is 0 Å². The molecule has 6 nitrogen and oxygen atoms in total. The molecule has 0 bridgehead atoms. The van der Waals surface area contributed by atoms with Crippen LogP contribution in [0.4, 0.5) is 4.79 Å². The Kier molecular flexibility index (Phi) is 4.89. The van der Waals surface area contributed by atoms with Gasteiger partial charge in [-0.25, -0.2) is 9.78 Å². The van der Waals surface area contributed by atoms with Crippen LogP contribution in [0, 0.1) is 6.92 Å². The van der Waals surface area contributed by atoms with E-state index in [0.717, 1.165) is 5.69 Å². The molecule has 0 radical (unpaired) electrons. The van der Waals surface area contributed by atoms with Crippen molar-refractivity contribution >= 4 is 17.9 Å². The zero-order valence-corrected chi connectivity index (χ0v) is 12.1. The number of carbonyl (C=O) groups excluding carboxylic acids is 1. The number of aryl methyl sites for hydroxylation is 1. The van der Waals surface area contributed by atoms with Crippen LogP contribution in [0.1, 0.15) is 32.2 Å². The molecule has 0 spiro atoms. The van der Waals surface area contributed by atoms with Crippen LogP contribution in [0.5, 0.6) is 0 Å². The van der Waals surface area contributed by atoms with Crippen LogP contribution in [0.25, 0.3) is 0 Å². The average molecular weight is 270 g/mol. The van der Waals surface area contributed by atoms with Crippen LogP contribution in [0.3, 0.4) is 0 Å². The monoisotopic (exact) mass is 270 g/mol. The third kappa shape index (κ3) is 4.87. The maximum Gasteiger partial charge on any atom is 0.407 e. The van der Waals surface area contributed by atoms with Gasteiger partial charge in [0, 0.05) is 0 Å². The molecule has 1 heterocycles. The molecule has 1 N–H and O–H groups in total. The number of nitrogens with zero attached hydrogens (tertiary/aromatic N) is 3. The number of aromatic nitrogens is 3. The topological polar surface area (TPSA) is 77.0 Å². The maximum absolute atomic E-state index is 11.5. The first-order chi connectivity index (χ1) is 8.31. The van der Waals surface area contributed by atoms with Gasteiger partial charge in [-0.1, -0.05) is 11.8 Å². The first kappa shape index (κ1) is 14.7. The first-order valence-electron chi connectivity index (χ1n) is 5.53. The van der Waals surface area contributed by atoms with E-state index in [9.17, 15) is 4.79 Å². The molecule has 1 aromatic rings. The number of thioether (sulfide) groups is 1. The minimum Gasteiger partial charge on any atom is -0.444 e. The van der Waals surface area contributed by atoms with Gasteiger partial charge in [-0.2, -0.15) is 0 Å². The molecule has 0 aliphatic heterocycles. The SMILES string of the molecule is CSc1nnc(CNC(=O)OC(C)(C)C)c(C)n1. The van der Waals surface area contributed by atoms with E-state index >= 15 is 0 Å². The summed E-state index contributed by atoms with van der Waals surface area (Å²) in [5, 5.41) is 11.2. The molecule has 0 saturated carbocycles. The number of rotatable bonds is 3. The second-order valence-corrected chi connectivity index (χ2v) is 5.46. The summed E-state index contributed by atoms with van der Waals surface area (Å²) in [5.41, 5.74) is 0.884. The van der Waals surface area contributed by atoms with Crippen LogP contribution in [0.15, 0.2) is 5.16 Å². The second kappa shape index (κ2) is 5.99. The molecule has 0 unspecified atom stereocenters. The van der Waals surface area contributed by atoms with Crippen LogP contribution >= 0.6 is 11.8 Å². The van der Waals surface area contributed by atoms with Gasteiger partial charge in [-0.15, -0.1) is 10.2 Å². The fourth-order valence-electron chi connectivity index (χ4n) is 1.13. The molecular weight excluding hydrogens is 252 g/mol. The van der Waals surface area contributed by atoms with Gasteiger partial charge in [-0.3, -0.25) is 0 Å². The molecule has 0 aliphatic carbocycles. The fourth-order valence-corrected chi connectivity index (χ4v) is 1.48. The smallest absolute Gasteiger partial charge is 0.407 e. The number of nitrogens with one attached hydrogen (secondary N) is 1. The molecule has 0 aliphatic rings. The van der Waals surface area contributed by atoms with E-state index in [4.69, 9.17) is 4.74 Å². The van der Waals surface area contributed by atoms with Crippen LogP contribution in [-0.4, -0.2) is 33.1 Å². The summed E-state index contributed by atoms with van der Waals surface area (Å²) in [4.78, 5) is 15.7. The van der Waals surface area contributed by atoms with E-state index < -0.39 is 11.7 Å². The Morgan fingerprint density at radius 1 is 1.39 bits per heavy atom. The van der Waals surface area contributed by atoms with Crippen LogP contribution < -0.4 is 5.32 Å². The number of amides is 1. The lowest BCUT2D eigenvalue weighted by Crippen LogP contribution is -2.32. The van der Waals surface area contributed by atoms with Crippen molar-refractivity contribution < 1.29 is 9.53 Å². The Labute approximate surface area is 111 Å². The highest BCUT2D eigenvalue weighted by molar-refractivity contribution is 7.98. The fraction of sp³-hybridized carbons (Fsp3) is 0.636. The van der Waals surface area contributed by atoms with E-state index in [1.165, 1.54) is 11.8 Å². The third-order valence-electron chi connectivity index (χ3n) is 1.92. The van der Waals surface area contributed by atoms with E-state index in [0.29, 0.717) is 10.9 Å². The first-order valence-corrected chi connectivity index (χ1v) is 6.75. The van der Waals surface area contributed by atoms with Crippen molar-refractivity contribution in [2.24, 2.45) is 0 Å². The van der Waals surface area contributed by atoms with E-state index in [1.807, 2.05) is 34.0 Å². The van der Waals surface area contributed by atoms with Gasteiger partial charge < -0.3 is 10.1 Å². The zero-order valence-electron chi connectivity index (χ0n) is 11.3. The highest BCUT2D eigenvalue weighted by Gasteiger charge is 2.16. The lowest BCUT2D eigenvalue weighted by atomic mass is 10.2. The van der Waals surface area contributed by atoms with Gasteiger partial charge in [0.05, 0.1) is 12.2 Å². The number of ether oxygens (including phenoxy) is 1. The van der Waals surface area contributed by atoms with Gasteiger partial charge in [0.2, 0.25) is 5.16 Å². The van der Waals surface area contributed by atoms with Crippen molar-refractivity contribution in [3.05, 3.63) is 11.4 Å². The standard InChI is InChI=1S/C11H18N4O2S/c1-7-8(14-15-9(13-7)18-5)6-12-10(16)17-11(2,3)4/h6H2,1-5H3,(H,12,16). The largest absolute Gasteiger partial charge is 0.444 e. The predicted octanol–water partition coefficient (Wildman–Crippen LogP) is 1.93. The van der Waals surface area contributed by atoms with E-state index in [-0.39, 0.29) is 6.54 Å². The van der Waals surface area contributed by atoms with Crippen molar-refractivity contribution in [3.63, 3.8) is 0 Å². The summed E-state index contributed by atoms with van der Waals surface area (Å²) in [6.45, 7) is 7.53. The quantitative estimate of drug-likeness (QED) is 0.846. The molecule has 0 aromatic carbocycles. The van der Waals surface area contributed by atoms with Gasteiger partial charge in [-0.05, 0) is 34.0 Å². The van der Waals surface area contributed by atoms with E-state index in [2.05, 4.69) is 20.5 Å². The predicted molar refractivity (Wildman–Crippen MR) is 69.4 cm³/mol. The number of hydrogen-bond donors (Lipinski definition) is 1. The second-order valence-electron chi connectivity index (χ2n) is 4.69. The highest BCUT2D eigenvalue weighted by atomic mass is 32.2. The summed E-state index contributed by atoms with van der Waals surface area (Å²) in [6, 6.07) is 0. The van der Waals surface area contributed by atoms with Crippen LogP contribution in [-0.2, 0) is 11.3 Å². The molecule has 1 amide bonds. The molecular formula is C11H18N4O2S. The molecule has 1 aromatic heterocycles. The number of hydrogen-bond acceptors (Lipinski definition) is 6. The molecule has 0 atom stereocenters. The lowest BCUT2D eigenvalue weighted by molar-refractivity contribution is 0.0522.